The summed E-state index contributed by atoms with van der Waals surface area (Å²) in [6.45, 7) is 3.57. The van der Waals surface area contributed by atoms with Crippen molar-refractivity contribution in [3.63, 3.8) is 0 Å². The van der Waals surface area contributed by atoms with Crippen LogP contribution in [0.2, 0.25) is 0 Å². The van der Waals surface area contributed by atoms with Gasteiger partial charge >= 0.3 is 13.8 Å². The van der Waals surface area contributed by atoms with Crippen LogP contribution in [0.4, 0.5) is 0 Å². The molecule has 2 unspecified atom stereocenters. The number of rotatable bonds is 47. The quantitative estimate of drug-likeness (QED) is 0.0239. The number of hydrogen-bond donors (Lipinski definition) is 3. The van der Waals surface area contributed by atoms with Gasteiger partial charge in [-0.1, -0.05) is 212 Å². The molecule has 0 fully saturated rings. The normalized spacial score (nSPS) is 13.4. The molecule has 0 aromatic rings. The van der Waals surface area contributed by atoms with Crippen molar-refractivity contribution in [1.82, 2.24) is 5.32 Å². The molecular weight excluding hydrogens is 762 g/mol. The summed E-state index contributed by atoms with van der Waals surface area (Å²) < 4.78 is 27.0. The maximum absolute atomic E-state index is 12.1. The maximum atomic E-state index is 12.1. The number of phosphoric ester groups is 1. The van der Waals surface area contributed by atoms with E-state index in [1.54, 1.807) is 0 Å². The highest BCUT2D eigenvalue weighted by Gasteiger charge is 2.23. The van der Waals surface area contributed by atoms with Crippen molar-refractivity contribution in [2.45, 2.75) is 251 Å². The number of unbranched alkanes of at least 4 members (excludes halogenated alkanes) is 30. The Morgan fingerprint density at radius 2 is 0.915 bits per heavy atom. The van der Waals surface area contributed by atoms with Crippen LogP contribution < -0.4 is 5.32 Å². The average molecular weight is 856 g/mol. The van der Waals surface area contributed by atoms with E-state index in [0.29, 0.717) is 6.42 Å². The molecule has 348 valence electrons. The van der Waals surface area contributed by atoms with E-state index >= 15 is 0 Å². The van der Waals surface area contributed by atoms with Gasteiger partial charge in [-0.2, -0.15) is 0 Å². The second kappa shape index (κ2) is 46.0. The molecule has 0 aromatic carbocycles. The van der Waals surface area contributed by atoms with Gasteiger partial charge in [0, 0.05) is 19.4 Å². The molecule has 0 aromatic heterocycles. The van der Waals surface area contributed by atoms with E-state index in [4.69, 9.17) is 13.8 Å². The molecule has 0 saturated heterocycles. The van der Waals surface area contributed by atoms with Gasteiger partial charge in [0.25, 0.3) is 0 Å². The molecule has 0 bridgehead atoms. The Bertz CT molecular complexity index is 1020. The zero-order valence-electron chi connectivity index (χ0n) is 38.5. The maximum Gasteiger partial charge on any atom is 0.472 e. The molecule has 9 nitrogen and oxygen atoms in total. The Balaban J connectivity index is 3.54. The van der Waals surface area contributed by atoms with Crippen molar-refractivity contribution < 1.29 is 37.9 Å². The molecule has 0 aliphatic carbocycles. The van der Waals surface area contributed by atoms with Crippen LogP contribution in [0.25, 0.3) is 0 Å². The Kier molecular flexibility index (Phi) is 44.8. The number of amides is 1. The van der Waals surface area contributed by atoms with Gasteiger partial charge in [0.15, 0.2) is 0 Å². The number of phosphoric acid groups is 1. The lowest BCUT2D eigenvalue weighted by atomic mass is 10.0. The summed E-state index contributed by atoms with van der Waals surface area (Å²) in [4.78, 5) is 34.0. The summed E-state index contributed by atoms with van der Waals surface area (Å²) in [7, 11) is -4.42. The Hall–Kier alpha value is -1.51. The number of allylic oxidation sites excluding steroid dienone is 4. The molecule has 0 aliphatic rings. The first-order chi connectivity index (χ1) is 28.8. The third-order valence-corrected chi connectivity index (χ3v) is 11.9. The van der Waals surface area contributed by atoms with Gasteiger partial charge in [-0.25, -0.2) is 4.57 Å². The van der Waals surface area contributed by atoms with Gasteiger partial charge in [-0.3, -0.25) is 18.6 Å². The molecule has 0 radical (unpaired) electrons. The van der Waals surface area contributed by atoms with E-state index < -0.39 is 26.5 Å². The average Bonchev–Trinajstić information content (AvgIpc) is 3.22. The van der Waals surface area contributed by atoms with E-state index in [9.17, 15) is 24.2 Å². The molecule has 0 aliphatic heterocycles. The summed E-state index contributed by atoms with van der Waals surface area (Å²) in [5.74, 6) is -0.508. The number of carbonyl (C=O) groups is 2. The van der Waals surface area contributed by atoms with Crippen molar-refractivity contribution >= 4 is 19.7 Å². The molecule has 59 heavy (non-hydrogen) atoms. The number of esters is 1. The molecule has 0 rings (SSSR count). The third-order valence-electron chi connectivity index (χ3n) is 10.9. The minimum Gasteiger partial charge on any atom is -0.463 e. The zero-order valence-corrected chi connectivity index (χ0v) is 39.4. The molecule has 0 heterocycles. The minimum atomic E-state index is -4.42. The predicted octanol–water partition coefficient (Wildman–Crippen LogP) is 14.3. The summed E-state index contributed by atoms with van der Waals surface area (Å²) in [5.41, 5.74) is 0. The third kappa shape index (κ3) is 47.4. The zero-order chi connectivity index (χ0) is 43.2. The van der Waals surface area contributed by atoms with Crippen LogP contribution in [0.3, 0.4) is 0 Å². The predicted molar refractivity (Wildman–Crippen MR) is 248 cm³/mol. The second-order valence-corrected chi connectivity index (χ2v) is 18.2. The van der Waals surface area contributed by atoms with Crippen molar-refractivity contribution in [3.8, 4) is 0 Å². The van der Waals surface area contributed by atoms with E-state index in [2.05, 4.69) is 43.5 Å². The first-order valence-corrected chi connectivity index (χ1v) is 26.3. The van der Waals surface area contributed by atoms with Crippen LogP contribution in [0, 0.1) is 0 Å². The number of hydrogen-bond acceptors (Lipinski definition) is 7. The lowest BCUT2D eigenvalue weighted by molar-refractivity contribution is -0.147. The lowest BCUT2D eigenvalue weighted by Gasteiger charge is -2.15. The van der Waals surface area contributed by atoms with E-state index in [1.807, 2.05) is 0 Å². The summed E-state index contributed by atoms with van der Waals surface area (Å²) in [6.07, 6.45) is 51.1. The van der Waals surface area contributed by atoms with Crippen LogP contribution in [-0.4, -0.2) is 54.3 Å². The molecule has 10 heteroatoms. The van der Waals surface area contributed by atoms with Crippen molar-refractivity contribution in [1.29, 1.82) is 0 Å². The Morgan fingerprint density at radius 1 is 0.525 bits per heavy atom. The fourth-order valence-corrected chi connectivity index (χ4v) is 7.88. The first kappa shape index (κ1) is 57.5. The fraction of sp³-hybridized carbons (Fsp3) is 0.878. The van der Waals surface area contributed by atoms with E-state index in [1.165, 1.54) is 173 Å². The standard InChI is InChI=1S/C49H94NO8P/c1-3-5-7-9-11-13-15-17-19-21-22-23-24-26-28-30-32-34-36-38-40-42-49(53)56-45-47(51)46-58-59(54,55)57-44-43-50-48(52)41-39-37-35-33-31-29-27-25-20-18-16-14-12-10-8-6-4-2/h11,13,17,19,47,51H,3-10,12,14-16,18,20-46H2,1-2H3,(H,50,52)(H,54,55)/b13-11-,19-17-. The van der Waals surface area contributed by atoms with Gasteiger partial charge in [0.2, 0.25) is 5.91 Å². The van der Waals surface area contributed by atoms with Crippen LogP contribution in [0.15, 0.2) is 24.3 Å². The van der Waals surface area contributed by atoms with Crippen LogP contribution >= 0.6 is 7.82 Å². The topological polar surface area (TPSA) is 131 Å². The number of ether oxygens (including phenoxy) is 1. The summed E-state index contributed by atoms with van der Waals surface area (Å²) in [5, 5.41) is 12.7. The Labute approximate surface area is 363 Å². The SMILES string of the molecule is CCCCC/C=C\C/C=C\CCCCCCCCCCCCCC(=O)OCC(O)COP(=O)(O)OCCNC(=O)CCCCCCCCCCCCCCCCCCC. The van der Waals surface area contributed by atoms with Gasteiger partial charge in [0.05, 0.1) is 13.2 Å². The summed E-state index contributed by atoms with van der Waals surface area (Å²) >= 11 is 0. The van der Waals surface area contributed by atoms with Crippen LogP contribution in [0.1, 0.15) is 245 Å². The monoisotopic (exact) mass is 856 g/mol. The van der Waals surface area contributed by atoms with Gasteiger partial charge < -0.3 is 20.1 Å². The Morgan fingerprint density at radius 3 is 1.39 bits per heavy atom. The number of aliphatic hydroxyl groups is 1. The highest BCUT2D eigenvalue weighted by Crippen LogP contribution is 2.42. The van der Waals surface area contributed by atoms with Gasteiger partial charge in [0.1, 0.15) is 12.7 Å². The van der Waals surface area contributed by atoms with Crippen molar-refractivity contribution in [2.24, 2.45) is 0 Å². The number of carbonyl (C=O) groups excluding carboxylic acids is 2. The molecule has 0 spiro atoms. The molecule has 0 saturated carbocycles. The van der Waals surface area contributed by atoms with Gasteiger partial charge in [-0.15, -0.1) is 0 Å². The molecular formula is C49H94NO8P. The second-order valence-electron chi connectivity index (χ2n) is 16.8. The smallest absolute Gasteiger partial charge is 0.463 e. The number of nitrogens with one attached hydrogen (secondary N) is 1. The van der Waals surface area contributed by atoms with Crippen LogP contribution in [-0.2, 0) is 27.9 Å². The molecule has 2 atom stereocenters. The number of aliphatic hydroxyl groups excluding tert-OH is 1. The largest absolute Gasteiger partial charge is 0.472 e. The molecule has 3 N–H and O–H groups in total. The van der Waals surface area contributed by atoms with E-state index in [-0.39, 0.29) is 32.1 Å². The lowest BCUT2D eigenvalue weighted by Crippen LogP contribution is -2.27. The van der Waals surface area contributed by atoms with Gasteiger partial charge in [-0.05, 0) is 44.9 Å². The van der Waals surface area contributed by atoms with Crippen molar-refractivity contribution in [3.05, 3.63) is 24.3 Å². The van der Waals surface area contributed by atoms with E-state index in [0.717, 1.165) is 44.9 Å². The van der Waals surface area contributed by atoms with Crippen molar-refractivity contribution in [2.75, 3.05) is 26.4 Å². The summed E-state index contributed by atoms with van der Waals surface area (Å²) in [6, 6.07) is 0. The highest BCUT2D eigenvalue weighted by atomic mass is 31.2. The molecule has 1 amide bonds. The van der Waals surface area contributed by atoms with Crippen LogP contribution in [0.5, 0.6) is 0 Å². The first-order valence-electron chi connectivity index (χ1n) is 24.8. The fourth-order valence-electron chi connectivity index (χ4n) is 7.12. The minimum absolute atomic E-state index is 0.0857. The highest BCUT2D eigenvalue weighted by molar-refractivity contribution is 7.47.